The molecule has 2 N–H and O–H groups in total. The smallest absolute Gasteiger partial charge is 0.407 e. The fraction of sp³-hybridized carbons (Fsp3) is 0.714. The highest BCUT2D eigenvalue weighted by Crippen LogP contribution is 2.31. The van der Waals surface area contributed by atoms with Gasteiger partial charge in [-0.15, -0.1) is 0 Å². The Morgan fingerprint density at radius 2 is 1.40 bits per heavy atom. The molecule has 1 aliphatic rings. The van der Waals surface area contributed by atoms with Crippen LogP contribution >= 0.6 is 0 Å². The van der Waals surface area contributed by atoms with Crippen LogP contribution in [0.15, 0.2) is 30.3 Å². The van der Waals surface area contributed by atoms with Crippen molar-refractivity contribution in [2.75, 3.05) is 45.9 Å². The SMILES string of the molecule is CCOC(=O)C(C)N(CCN(CC(=O)OC(C)(C)C)CC1CC[C@@H](C(=O)O)N1C(CCCCNC(=O)OC(C)(C)C)C(=O)OCc1ccccc1)C(C)C(=O)OCC. The first-order valence-electron chi connectivity index (χ1n) is 20.4. The number of carboxylic acid groups (broad SMARTS) is 1. The molecule has 1 amide bonds. The average Bonchev–Trinajstić information content (AvgIpc) is 3.54. The van der Waals surface area contributed by atoms with Crippen LogP contribution in [0.1, 0.15) is 107 Å². The minimum atomic E-state index is -1.09. The van der Waals surface area contributed by atoms with Gasteiger partial charge in [0.1, 0.15) is 42.0 Å². The number of esters is 4. The van der Waals surface area contributed by atoms with Crippen LogP contribution in [-0.2, 0) is 54.3 Å². The first kappa shape index (κ1) is 49.9. The standard InChI is InChI=1S/C42H68N4O12/c1-11-54-37(50)29(3)45(30(4)38(51)55-12-2)25-24-44(27-35(47)57-41(5,6)7)26-32-21-22-33(36(48)49)46(32)34(39(52)56-28-31-18-14-13-15-19-31)20-16-17-23-43-40(53)58-42(8,9)10/h13-15,18-19,29-30,32-34H,11-12,16-17,20-28H2,1-10H3,(H,43,53)(H,48,49)/t29?,30?,32?,33-,34?/m0/s1. The zero-order chi connectivity index (χ0) is 43.6. The minimum Gasteiger partial charge on any atom is -0.480 e. The molecule has 0 aromatic heterocycles. The summed E-state index contributed by atoms with van der Waals surface area (Å²) < 4.78 is 27.4. The molecule has 16 heteroatoms. The van der Waals surface area contributed by atoms with Crippen LogP contribution < -0.4 is 5.32 Å². The second kappa shape index (κ2) is 24.0. The molecule has 0 spiro atoms. The molecule has 0 aliphatic carbocycles. The number of carbonyl (C=O) groups excluding carboxylic acids is 5. The molecule has 1 fully saturated rings. The Morgan fingerprint density at radius 3 is 1.93 bits per heavy atom. The molecule has 58 heavy (non-hydrogen) atoms. The third-order valence-electron chi connectivity index (χ3n) is 9.43. The summed E-state index contributed by atoms with van der Waals surface area (Å²) in [6.45, 7) is 18.0. The van der Waals surface area contributed by atoms with Crippen molar-refractivity contribution in [2.24, 2.45) is 0 Å². The Balaban J connectivity index is 2.46. The van der Waals surface area contributed by atoms with E-state index >= 15 is 0 Å². The number of alkyl carbamates (subject to hydrolysis) is 1. The van der Waals surface area contributed by atoms with Crippen molar-refractivity contribution in [3.8, 4) is 0 Å². The van der Waals surface area contributed by atoms with Crippen LogP contribution in [0, 0.1) is 0 Å². The summed E-state index contributed by atoms with van der Waals surface area (Å²) in [6.07, 6.45) is 1.24. The van der Waals surface area contributed by atoms with Gasteiger partial charge in [0.2, 0.25) is 0 Å². The van der Waals surface area contributed by atoms with E-state index in [2.05, 4.69) is 5.32 Å². The zero-order valence-corrected chi connectivity index (χ0v) is 36.2. The van der Waals surface area contributed by atoms with Crippen LogP contribution in [0.5, 0.6) is 0 Å². The summed E-state index contributed by atoms with van der Waals surface area (Å²) in [4.78, 5) is 83.4. The fourth-order valence-electron chi connectivity index (χ4n) is 6.86. The Hall–Kier alpha value is -4.28. The molecule has 0 radical (unpaired) electrons. The highest BCUT2D eigenvalue weighted by molar-refractivity contribution is 5.80. The topological polar surface area (TPSA) is 191 Å². The van der Waals surface area contributed by atoms with E-state index in [1.165, 1.54) is 0 Å². The van der Waals surface area contributed by atoms with Crippen LogP contribution in [-0.4, -0.2) is 143 Å². The first-order chi connectivity index (χ1) is 27.2. The van der Waals surface area contributed by atoms with Gasteiger partial charge < -0.3 is 34.1 Å². The molecule has 1 aliphatic heterocycles. The van der Waals surface area contributed by atoms with E-state index in [-0.39, 0.29) is 65.4 Å². The number of nitrogens with zero attached hydrogens (tertiary/aromatic N) is 3. The first-order valence-corrected chi connectivity index (χ1v) is 20.4. The lowest BCUT2D eigenvalue weighted by molar-refractivity contribution is -0.160. The monoisotopic (exact) mass is 820 g/mol. The number of nitrogens with one attached hydrogen (secondary N) is 1. The van der Waals surface area contributed by atoms with Crippen molar-refractivity contribution >= 4 is 35.9 Å². The maximum Gasteiger partial charge on any atom is 0.407 e. The van der Waals surface area contributed by atoms with Crippen LogP contribution in [0.4, 0.5) is 4.79 Å². The van der Waals surface area contributed by atoms with E-state index in [1.807, 2.05) is 30.3 Å². The fourth-order valence-corrected chi connectivity index (χ4v) is 6.86. The van der Waals surface area contributed by atoms with Crippen molar-refractivity contribution in [3.05, 3.63) is 35.9 Å². The van der Waals surface area contributed by atoms with Gasteiger partial charge in [0.15, 0.2) is 0 Å². The number of likely N-dealkylation sites (tertiary alicyclic amines) is 1. The van der Waals surface area contributed by atoms with Gasteiger partial charge in [0.05, 0.1) is 19.8 Å². The zero-order valence-electron chi connectivity index (χ0n) is 36.2. The lowest BCUT2D eigenvalue weighted by Gasteiger charge is -2.38. The normalized spacial score (nSPS) is 17.6. The van der Waals surface area contributed by atoms with E-state index in [9.17, 15) is 33.9 Å². The summed E-state index contributed by atoms with van der Waals surface area (Å²) >= 11 is 0. The van der Waals surface area contributed by atoms with Gasteiger partial charge in [-0.3, -0.25) is 38.7 Å². The van der Waals surface area contributed by atoms with Gasteiger partial charge in [-0.25, -0.2) is 4.79 Å². The minimum absolute atomic E-state index is 0.00940. The molecule has 328 valence electrons. The van der Waals surface area contributed by atoms with Crippen molar-refractivity contribution in [3.63, 3.8) is 0 Å². The number of amides is 1. The number of hydrogen-bond donors (Lipinski definition) is 2. The lowest BCUT2D eigenvalue weighted by Crippen LogP contribution is -2.56. The summed E-state index contributed by atoms with van der Waals surface area (Å²) in [5.41, 5.74) is -0.681. The Bertz CT molecular complexity index is 1450. The molecular formula is C42H68N4O12. The van der Waals surface area contributed by atoms with Crippen molar-refractivity contribution in [2.45, 2.75) is 149 Å². The molecule has 5 atom stereocenters. The summed E-state index contributed by atoms with van der Waals surface area (Å²) in [7, 11) is 0. The maximum atomic E-state index is 14.0. The average molecular weight is 821 g/mol. The number of aliphatic carboxylic acids is 1. The van der Waals surface area contributed by atoms with E-state index in [1.54, 1.807) is 83.9 Å². The number of rotatable bonds is 23. The predicted molar refractivity (Wildman–Crippen MR) is 216 cm³/mol. The summed E-state index contributed by atoms with van der Waals surface area (Å²) in [6, 6.07) is 4.98. The number of carbonyl (C=O) groups is 6. The Kier molecular flexibility index (Phi) is 20.6. The molecule has 0 bridgehead atoms. The van der Waals surface area contributed by atoms with E-state index in [0.717, 1.165) is 5.56 Å². The molecule has 1 heterocycles. The van der Waals surface area contributed by atoms with Gasteiger partial charge in [0, 0.05) is 32.2 Å². The molecule has 0 saturated carbocycles. The molecule has 1 aromatic rings. The summed E-state index contributed by atoms with van der Waals surface area (Å²) in [5, 5.41) is 13.2. The number of benzene rings is 1. The number of hydrogen-bond acceptors (Lipinski definition) is 14. The highest BCUT2D eigenvalue weighted by atomic mass is 16.6. The van der Waals surface area contributed by atoms with Crippen molar-refractivity contribution < 1.29 is 57.6 Å². The number of ether oxygens (including phenoxy) is 5. The summed E-state index contributed by atoms with van der Waals surface area (Å²) in [5.74, 6) is -3.25. The lowest BCUT2D eigenvalue weighted by atomic mass is 10.0. The van der Waals surface area contributed by atoms with Gasteiger partial charge in [-0.2, -0.15) is 0 Å². The molecular weight excluding hydrogens is 752 g/mol. The number of carboxylic acids is 1. The van der Waals surface area contributed by atoms with Gasteiger partial charge >= 0.3 is 35.9 Å². The third kappa shape index (κ3) is 17.7. The predicted octanol–water partition coefficient (Wildman–Crippen LogP) is 4.56. The van der Waals surface area contributed by atoms with Crippen molar-refractivity contribution in [1.82, 2.24) is 20.0 Å². The van der Waals surface area contributed by atoms with Crippen LogP contribution in [0.2, 0.25) is 0 Å². The molecule has 4 unspecified atom stereocenters. The third-order valence-corrected chi connectivity index (χ3v) is 9.43. The largest absolute Gasteiger partial charge is 0.480 e. The number of unbranched alkanes of at least 4 members (excludes halogenated alkanes) is 1. The molecule has 1 saturated heterocycles. The van der Waals surface area contributed by atoms with E-state index in [4.69, 9.17) is 23.7 Å². The maximum absolute atomic E-state index is 14.0. The Morgan fingerprint density at radius 1 is 0.810 bits per heavy atom. The van der Waals surface area contributed by atoms with Crippen LogP contribution in [0.25, 0.3) is 0 Å². The van der Waals surface area contributed by atoms with Gasteiger partial charge in [-0.1, -0.05) is 30.3 Å². The van der Waals surface area contributed by atoms with E-state index < -0.39 is 77.4 Å². The van der Waals surface area contributed by atoms with Gasteiger partial charge in [0.25, 0.3) is 0 Å². The molecule has 16 nitrogen and oxygen atoms in total. The van der Waals surface area contributed by atoms with Gasteiger partial charge in [-0.05, 0) is 107 Å². The molecule has 1 aromatic carbocycles. The van der Waals surface area contributed by atoms with Crippen LogP contribution in [0.3, 0.4) is 0 Å². The second-order valence-electron chi connectivity index (χ2n) is 16.5. The molecule has 2 rings (SSSR count). The second-order valence-corrected chi connectivity index (χ2v) is 16.5. The van der Waals surface area contributed by atoms with Crippen molar-refractivity contribution in [1.29, 1.82) is 0 Å². The Labute approximate surface area is 344 Å². The highest BCUT2D eigenvalue weighted by Gasteiger charge is 2.45. The quantitative estimate of drug-likeness (QED) is 0.0887. The van der Waals surface area contributed by atoms with E-state index in [0.29, 0.717) is 19.3 Å².